The first-order chi connectivity index (χ1) is 11.1. The molecule has 0 aliphatic carbocycles. The van der Waals surface area contributed by atoms with E-state index in [1.165, 1.54) is 12.1 Å². The van der Waals surface area contributed by atoms with E-state index in [1.807, 2.05) is 0 Å². The van der Waals surface area contributed by atoms with Crippen molar-refractivity contribution in [3.63, 3.8) is 0 Å². The number of carbonyl (C=O) groups excluding carboxylic acids is 1. The first-order valence-electron chi connectivity index (χ1n) is 7.44. The van der Waals surface area contributed by atoms with Crippen LogP contribution in [0.2, 0.25) is 0 Å². The molecule has 0 spiro atoms. The number of phenols is 2. The lowest BCUT2D eigenvalue weighted by molar-refractivity contribution is -0.130. The SMILES string of the molecule is O=C(Cc1ccc(O)c(O)c1)N1CCN(c2ncccn2)CC1. The minimum atomic E-state index is -0.207. The lowest BCUT2D eigenvalue weighted by Gasteiger charge is -2.34. The van der Waals surface area contributed by atoms with Crippen molar-refractivity contribution in [1.29, 1.82) is 0 Å². The zero-order chi connectivity index (χ0) is 16.2. The number of hydrogen-bond donors (Lipinski definition) is 2. The van der Waals surface area contributed by atoms with Gasteiger partial charge in [-0.25, -0.2) is 9.97 Å². The number of aromatic nitrogens is 2. The molecule has 2 aromatic rings. The van der Waals surface area contributed by atoms with Gasteiger partial charge in [0.15, 0.2) is 11.5 Å². The Morgan fingerprint density at radius 3 is 2.39 bits per heavy atom. The molecule has 0 bridgehead atoms. The maximum absolute atomic E-state index is 12.3. The fraction of sp³-hybridized carbons (Fsp3) is 0.312. The van der Waals surface area contributed by atoms with Crippen LogP contribution in [0.5, 0.6) is 11.5 Å². The molecule has 1 aliphatic heterocycles. The molecule has 2 N–H and O–H groups in total. The van der Waals surface area contributed by atoms with Crippen LogP contribution >= 0.6 is 0 Å². The molecule has 23 heavy (non-hydrogen) atoms. The Hall–Kier alpha value is -2.83. The third-order valence-corrected chi connectivity index (χ3v) is 3.86. The van der Waals surface area contributed by atoms with Crippen LogP contribution in [0.3, 0.4) is 0 Å². The second-order valence-corrected chi connectivity index (χ2v) is 5.42. The monoisotopic (exact) mass is 314 g/mol. The maximum atomic E-state index is 12.3. The normalized spacial score (nSPS) is 14.8. The molecular weight excluding hydrogens is 296 g/mol. The fourth-order valence-electron chi connectivity index (χ4n) is 2.58. The van der Waals surface area contributed by atoms with Crippen molar-refractivity contribution in [2.75, 3.05) is 31.1 Å². The summed E-state index contributed by atoms with van der Waals surface area (Å²) in [5, 5.41) is 18.8. The van der Waals surface area contributed by atoms with Gasteiger partial charge in [-0.3, -0.25) is 4.79 Å². The van der Waals surface area contributed by atoms with E-state index in [4.69, 9.17) is 0 Å². The van der Waals surface area contributed by atoms with Gasteiger partial charge < -0.3 is 20.0 Å². The summed E-state index contributed by atoms with van der Waals surface area (Å²) in [6.07, 6.45) is 3.62. The number of hydrogen-bond acceptors (Lipinski definition) is 6. The van der Waals surface area contributed by atoms with Crippen molar-refractivity contribution in [3.05, 3.63) is 42.2 Å². The largest absolute Gasteiger partial charge is 0.504 e. The van der Waals surface area contributed by atoms with Crippen LogP contribution in [0, 0.1) is 0 Å². The van der Waals surface area contributed by atoms with E-state index in [-0.39, 0.29) is 23.8 Å². The van der Waals surface area contributed by atoms with Gasteiger partial charge >= 0.3 is 0 Å². The number of aromatic hydroxyl groups is 2. The number of anilines is 1. The van der Waals surface area contributed by atoms with E-state index in [0.29, 0.717) is 37.7 Å². The molecule has 1 saturated heterocycles. The van der Waals surface area contributed by atoms with Gasteiger partial charge in [-0.1, -0.05) is 6.07 Å². The minimum absolute atomic E-state index is 0.00344. The standard InChI is InChI=1S/C16H18N4O3/c21-13-3-2-12(10-14(13)22)11-15(23)19-6-8-20(9-7-19)16-17-4-1-5-18-16/h1-5,10,21-22H,6-9,11H2. The van der Waals surface area contributed by atoms with Gasteiger partial charge in [0.2, 0.25) is 11.9 Å². The Morgan fingerprint density at radius 2 is 1.74 bits per heavy atom. The van der Waals surface area contributed by atoms with Crippen LogP contribution in [0.1, 0.15) is 5.56 Å². The number of amides is 1. The summed E-state index contributed by atoms with van der Waals surface area (Å²) in [5.41, 5.74) is 0.680. The van der Waals surface area contributed by atoms with Crippen molar-refractivity contribution in [3.8, 4) is 11.5 Å². The second-order valence-electron chi connectivity index (χ2n) is 5.42. The molecule has 0 atom stereocenters. The highest BCUT2D eigenvalue weighted by molar-refractivity contribution is 5.79. The van der Waals surface area contributed by atoms with E-state index in [1.54, 1.807) is 29.4 Å². The quantitative estimate of drug-likeness (QED) is 0.814. The summed E-state index contributed by atoms with van der Waals surface area (Å²) in [4.78, 5) is 24.6. The highest BCUT2D eigenvalue weighted by atomic mass is 16.3. The van der Waals surface area contributed by atoms with Gasteiger partial charge in [0.25, 0.3) is 0 Å². The predicted octanol–water partition coefficient (Wildman–Crippen LogP) is 0.779. The van der Waals surface area contributed by atoms with Gasteiger partial charge in [0.1, 0.15) is 0 Å². The van der Waals surface area contributed by atoms with Crippen molar-refractivity contribution >= 4 is 11.9 Å². The van der Waals surface area contributed by atoms with Crippen LogP contribution in [0.15, 0.2) is 36.7 Å². The van der Waals surface area contributed by atoms with Crippen molar-refractivity contribution < 1.29 is 15.0 Å². The number of rotatable bonds is 3. The van der Waals surface area contributed by atoms with Gasteiger partial charge in [0, 0.05) is 38.6 Å². The molecule has 7 nitrogen and oxygen atoms in total. The number of piperazine rings is 1. The average Bonchev–Trinajstić information content (AvgIpc) is 2.59. The van der Waals surface area contributed by atoms with Crippen molar-refractivity contribution in [2.45, 2.75) is 6.42 Å². The lowest BCUT2D eigenvalue weighted by atomic mass is 10.1. The third-order valence-electron chi connectivity index (χ3n) is 3.86. The molecule has 7 heteroatoms. The lowest BCUT2D eigenvalue weighted by Crippen LogP contribution is -2.49. The van der Waals surface area contributed by atoms with E-state index in [2.05, 4.69) is 14.9 Å². The molecule has 0 saturated carbocycles. The molecule has 2 heterocycles. The summed E-state index contributed by atoms with van der Waals surface area (Å²) in [5.74, 6) is 0.297. The average molecular weight is 314 g/mol. The Labute approximate surface area is 133 Å². The second kappa shape index (κ2) is 6.51. The topological polar surface area (TPSA) is 89.8 Å². The zero-order valence-electron chi connectivity index (χ0n) is 12.6. The summed E-state index contributed by atoms with van der Waals surface area (Å²) in [6.45, 7) is 2.61. The van der Waals surface area contributed by atoms with Crippen molar-refractivity contribution in [2.24, 2.45) is 0 Å². The highest BCUT2D eigenvalue weighted by Crippen LogP contribution is 2.25. The predicted molar refractivity (Wildman–Crippen MR) is 84.3 cm³/mol. The molecule has 1 amide bonds. The Kier molecular flexibility index (Phi) is 4.27. The molecule has 120 valence electrons. The highest BCUT2D eigenvalue weighted by Gasteiger charge is 2.22. The fourth-order valence-corrected chi connectivity index (χ4v) is 2.58. The van der Waals surface area contributed by atoms with Crippen LogP contribution in [-0.2, 0) is 11.2 Å². The summed E-state index contributed by atoms with van der Waals surface area (Å²) in [6, 6.07) is 6.22. The van der Waals surface area contributed by atoms with Gasteiger partial charge in [-0.2, -0.15) is 0 Å². The Morgan fingerprint density at radius 1 is 1.04 bits per heavy atom. The van der Waals surface area contributed by atoms with Crippen LogP contribution in [0.4, 0.5) is 5.95 Å². The van der Waals surface area contributed by atoms with Crippen LogP contribution < -0.4 is 4.90 Å². The zero-order valence-corrected chi connectivity index (χ0v) is 12.6. The third kappa shape index (κ3) is 3.50. The molecule has 0 unspecified atom stereocenters. The molecular formula is C16H18N4O3. The van der Waals surface area contributed by atoms with E-state index < -0.39 is 0 Å². The summed E-state index contributed by atoms with van der Waals surface area (Å²) in [7, 11) is 0. The smallest absolute Gasteiger partial charge is 0.227 e. The Bertz CT molecular complexity index is 685. The van der Waals surface area contributed by atoms with Gasteiger partial charge in [0.05, 0.1) is 6.42 Å². The number of nitrogens with zero attached hydrogens (tertiary/aromatic N) is 4. The van der Waals surface area contributed by atoms with Gasteiger partial charge in [-0.15, -0.1) is 0 Å². The molecule has 1 fully saturated rings. The molecule has 1 aliphatic rings. The first-order valence-corrected chi connectivity index (χ1v) is 7.44. The van der Waals surface area contributed by atoms with Crippen LogP contribution in [0.25, 0.3) is 0 Å². The maximum Gasteiger partial charge on any atom is 0.227 e. The van der Waals surface area contributed by atoms with Crippen molar-refractivity contribution in [1.82, 2.24) is 14.9 Å². The number of phenolic OH excluding ortho intramolecular Hbond substituents is 2. The molecule has 3 rings (SSSR count). The molecule has 1 aromatic carbocycles. The summed E-state index contributed by atoms with van der Waals surface area (Å²) < 4.78 is 0. The van der Waals surface area contributed by atoms with E-state index in [0.717, 1.165) is 0 Å². The van der Waals surface area contributed by atoms with E-state index in [9.17, 15) is 15.0 Å². The Balaban J connectivity index is 1.57. The van der Waals surface area contributed by atoms with E-state index >= 15 is 0 Å². The number of benzene rings is 1. The molecule has 0 radical (unpaired) electrons. The van der Waals surface area contributed by atoms with Crippen LogP contribution in [-0.4, -0.2) is 57.2 Å². The summed E-state index contributed by atoms with van der Waals surface area (Å²) >= 11 is 0. The number of carbonyl (C=O) groups is 1. The molecule has 1 aromatic heterocycles. The first kappa shape index (κ1) is 15.1. The van der Waals surface area contributed by atoms with Gasteiger partial charge in [-0.05, 0) is 23.8 Å². The minimum Gasteiger partial charge on any atom is -0.504 e.